The van der Waals surface area contributed by atoms with Crippen molar-refractivity contribution >= 4 is 18.0 Å². The van der Waals surface area contributed by atoms with Crippen LogP contribution in [0.3, 0.4) is 0 Å². The van der Waals surface area contributed by atoms with Crippen molar-refractivity contribution < 1.29 is 24.2 Å². The zero-order valence-electron chi connectivity index (χ0n) is 19.3. The molecule has 1 unspecified atom stereocenters. The Morgan fingerprint density at radius 1 is 1.03 bits per heavy atom. The maximum Gasteiger partial charge on any atom is 0.407 e. The fourth-order valence-electron chi connectivity index (χ4n) is 3.85. The van der Waals surface area contributed by atoms with Crippen LogP contribution in [0.1, 0.15) is 29.9 Å². The maximum absolute atomic E-state index is 12.5. The lowest BCUT2D eigenvalue weighted by Crippen LogP contribution is -2.47. The SMILES string of the molecule is CN(C)CC#CCNC(=O)C(CCC(=O)O)NC(=O)OCC1c2ccccc2-c2ccccc21. The number of ether oxygens (including phenoxy) is 1. The Hall–Kier alpha value is -3.83. The predicted octanol–water partition coefficient (Wildman–Crippen LogP) is 2.44. The van der Waals surface area contributed by atoms with Crippen LogP contribution in [0.5, 0.6) is 0 Å². The second-order valence-electron chi connectivity index (χ2n) is 8.26. The van der Waals surface area contributed by atoms with Gasteiger partial charge in [-0.05, 0) is 42.8 Å². The van der Waals surface area contributed by atoms with E-state index in [1.807, 2.05) is 67.5 Å². The normalized spacial score (nSPS) is 12.7. The molecule has 0 spiro atoms. The molecule has 1 aliphatic carbocycles. The van der Waals surface area contributed by atoms with Crippen LogP contribution >= 0.6 is 0 Å². The van der Waals surface area contributed by atoms with Gasteiger partial charge >= 0.3 is 12.1 Å². The molecule has 3 N–H and O–H groups in total. The summed E-state index contributed by atoms with van der Waals surface area (Å²) in [5.41, 5.74) is 4.38. The molecule has 0 saturated carbocycles. The Labute approximate surface area is 199 Å². The fourth-order valence-corrected chi connectivity index (χ4v) is 3.85. The van der Waals surface area contributed by atoms with Crippen molar-refractivity contribution in [3.05, 3.63) is 59.7 Å². The van der Waals surface area contributed by atoms with Crippen LogP contribution in [0.2, 0.25) is 0 Å². The Balaban J connectivity index is 1.60. The van der Waals surface area contributed by atoms with Crippen molar-refractivity contribution in [2.45, 2.75) is 24.8 Å². The van der Waals surface area contributed by atoms with Crippen molar-refractivity contribution in [1.82, 2.24) is 15.5 Å². The van der Waals surface area contributed by atoms with Gasteiger partial charge in [0.05, 0.1) is 13.1 Å². The monoisotopic (exact) mass is 463 g/mol. The zero-order valence-corrected chi connectivity index (χ0v) is 19.3. The van der Waals surface area contributed by atoms with Crippen LogP contribution in [-0.4, -0.2) is 67.8 Å². The summed E-state index contributed by atoms with van der Waals surface area (Å²) in [7, 11) is 3.76. The van der Waals surface area contributed by atoms with E-state index in [-0.39, 0.29) is 31.9 Å². The summed E-state index contributed by atoms with van der Waals surface area (Å²) in [6.45, 7) is 0.752. The summed E-state index contributed by atoms with van der Waals surface area (Å²) in [4.78, 5) is 38.0. The Morgan fingerprint density at radius 2 is 1.65 bits per heavy atom. The third-order valence-electron chi connectivity index (χ3n) is 5.47. The number of aliphatic carboxylic acids is 1. The molecule has 0 radical (unpaired) electrons. The zero-order chi connectivity index (χ0) is 24.5. The molecule has 8 nitrogen and oxygen atoms in total. The minimum atomic E-state index is -1.06. The van der Waals surface area contributed by atoms with Gasteiger partial charge in [0.15, 0.2) is 0 Å². The number of carbonyl (C=O) groups excluding carboxylic acids is 2. The molecular weight excluding hydrogens is 434 g/mol. The number of nitrogens with zero attached hydrogens (tertiary/aromatic N) is 1. The molecule has 0 aliphatic heterocycles. The molecule has 1 aliphatic rings. The number of carboxylic acid groups (broad SMARTS) is 1. The van der Waals surface area contributed by atoms with E-state index >= 15 is 0 Å². The van der Waals surface area contributed by atoms with E-state index < -0.39 is 24.0 Å². The van der Waals surface area contributed by atoms with Crippen LogP contribution in [0.4, 0.5) is 4.79 Å². The summed E-state index contributed by atoms with van der Waals surface area (Å²) < 4.78 is 5.49. The first-order chi connectivity index (χ1) is 16.4. The third kappa shape index (κ3) is 6.59. The number of hydrogen-bond donors (Lipinski definition) is 3. The number of nitrogens with one attached hydrogen (secondary N) is 2. The molecule has 3 rings (SSSR count). The van der Waals surface area contributed by atoms with Gasteiger partial charge in [0.25, 0.3) is 0 Å². The number of carboxylic acids is 1. The molecule has 0 bridgehead atoms. The van der Waals surface area contributed by atoms with Gasteiger partial charge in [-0.1, -0.05) is 60.4 Å². The quantitative estimate of drug-likeness (QED) is 0.493. The molecule has 2 aromatic rings. The molecular formula is C26H29N3O5. The number of fused-ring (bicyclic) bond motifs is 3. The number of benzene rings is 2. The van der Waals surface area contributed by atoms with Gasteiger partial charge in [-0.15, -0.1) is 0 Å². The van der Waals surface area contributed by atoms with E-state index in [2.05, 4.69) is 22.5 Å². The lowest BCUT2D eigenvalue weighted by molar-refractivity contribution is -0.137. The van der Waals surface area contributed by atoms with E-state index in [1.54, 1.807) is 0 Å². The van der Waals surface area contributed by atoms with Crippen molar-refractivity contribution in [2.75, 3.05) is 33.8 Å². The number of rotatable bonds is 9. The third-order valence-corrected chi connectivity index (χ3v) is 5.47. The second kappa shape index (κ2) is 11.9. The van der Waals surface area contributed by atoms with E-state index in [1.165, 1.54) is 0 Å². The highest BCUT2D eigenvalue weighted by Gasteiger charge is 2.29. The van der Waals surface area contributed by atoms with Crippen molar-refractivity contribution in [3.63, 3.8) is 0 Å². The molecule has 178 valence electrons. The second-order valence-corrected chi connectivity index (χ2v) is 8.26. The molecule has 0 aromatic heterocycles. The first-order valence-electron chi connectivity index (χ1n) is 11.1. The summed E-state index contributed by atoms with van der Waals surface area (Å²) in [6, 6.07) is 14.9. The first kappa shape index (κ1) is 24.8. The van der Waals surface area contributed by atoms with Crippen LogP contribution in [-0.2, 0) is 14.3 Å². The van der Waals surface area contributed by atoms with Gasteiger partial charge in [-0.25, -0.2) is 4.79 Å². The molecule has 2 amide bonds. The largest absolute Gasteiger partial charge is 0.481 e. The van der Waals surface area contributed by atoms with Gasteiger partial charge in [-0.2, -0.15) is 0 Å². The van der Waals surface area contributed by atoms with Gasteiger partial charge in [0.2, 0.25) is 5.91 Å². The maximum atomic E-state index is 12.5. The van der Waals surface area contributed by atoms with E-state index in [4.69, 9.17) is 9.84 Å². The Kier molecular flexibility index (Phi) is 8.66. The van der Waals surface area contributed by atoms with Gasteiger partial charge in [0, 0.05) is 12.3 Å². The van der Waals surface area contributed by atoms with Gasteiger partial charge < -0.3 is 20.5 Å². The topological polar surface area (TPSA) is 108 Å². The summed E-state index contributed by atoms with van der Waals surface area (Å²) >= 11 is 0. The van der Waals surface area contributed by atoms with E-state index in [9.17, 15) is 14.4 Å². The molecule has 0 fully saturated rings. The van der Waals surface area contributed by atoms with Gasteiger partial charge in [-0.3, -0.25) is 14.5 Å². The van der Waals surface area contributed by atoms with E-state index in [0.717, 1.165) is 22.3 Å². The Bertz CT molecular complexity index is 1060. The summed E-state index contributed by atoms with van der Waals surface area (Å²) in [5.74, 6) is 4.03. The smallest absolute Gasteiger partial charge is 0.407 e. The highest BCUT2D eigenvalue weighted by atomic mass is 16.5. The lowest BCUT2D eigenvalue weighted by Gasteiger charge is -2.19. The highest BCUT2D eigenvalue weighted by Crippen LogP contribution is 2.44. The summed E-state index contributed by atoms with van der Waals surface area (Å²) in [5, 5.41) is 14.1. The summed E-state index contributed by atoms with van der Waals surface area (Å²) in [6.07, 6.45) is -1.10. The van der Waals surface area contributed by atoms with E-state index in [0.29, 0.717) is 6.54 Å². The molecule has 34 heavy (non-hydrogen) atoms. The van der Waals surface area contributed by atoms with Crippen molar-refractivity contribution in [2.24, 2.45) is 0 Å². The van der Waals surface area contributed by atoms with Crippen LogP contribution in [0, 0.1) is 11.8 Å². The van der Waals surface area contributed by atoms with Gasteiger partial charge in [0.1, 0.15) is 12.6 Å². The minimum Gasteiger partial charge on any atom is -0.481 e. The average molecular weight is 464 g/mol. The highest BCUT2D eigenvalue weighted by molar-refractivity contribution is 5.86. The predicted molar refractivity (Wildman–Crippen MR) is 128 cm³/mol. The average Bonchev–Trinajstić information content (AvgIpc) is 3.13. The number of carbonyl (C=O) groups is 3. The van der Waals surface area contributed by atoms with Crippen LogP contribution in [0.15, 0.2) is 48.5 Å². The first-order valence-corrected chi connectivity index (χ1v) is 11.1. The minimum absolute atomic E-state index is 0.0590. The standard InChI is InChI=1S/C26H29N3O5/c1-29(2)16-8-7-15-27-25(32)23(13-14-24(30)31)28-26(33)34-17-22-20-11-5-3-9-18(20)19-10-4-6-12-21(19)22/h3-6,9-12,22-23H,13-17H2,1-2H3,(H,27,32)(H,28,33)(H,30,31). The number of hydrogen-bond acceptors (Lipinski definition) is 5. The number of amides is 2. The number of alkyl carbamates (subject to hydrolysis) is 1. The molecule has 0 saturated heterocycles. The molecule has 0 heterocycles. The van der Waals surface area contributed by atoms with Crippen LogP contribution in [0.25, 0.3) is 11.1 Å². The molecule has 8 heteroatoms. The molecule has 2 aromatic carbocycles. The van der Waals surface area contributed by atoms with Crippen molar-refractivity contribution in [3.8, 4) is 23.0 Å². The Morgan fingerprint density at radius 3 is 2.24 bits per heavy atom. The lowest BCUT2D eigenvalue weighted by atomic mass is 9.98. The fraction of sp³-hybridized carbons (Fsp3) is 0.346. The van der Waals surface area contributed by atoms with Crippen LogP contribution < -0.4 is 10.6 Å². The van der Waals surface area contributed by atoms with Crippen molar-refractivity contribution in [1.29, 1.82) is 0 Å². The molecule has 1 atom stereocenters.